The molecule has 0 atom stereocenters. The molecule has 0 saturated carbocycles. The lowest BCUT2D eigenvalue weighted by Crippen LogP contribution is -2.29. The molecule has 0 aromatic heterocycles. The molecule has 8 heteroatoms. The van der Waals surface area contributed by atoms with Crippen LogP contribution in [0.15, 0.2) is 109 Å². The monoisotopic (exact) mass is 686 g/mol. The molecule has 2 aliphatic heterocycles. The summed E-state index contributed by atoms with van der Waals surface area (Å²) >= 11 is 0. The molecule has 2 saturated heterocycles. The fourth-order valence-corrected chi connectivity index (χ4v) is 6.62. The summed E-state index contributed by atoms with van der Waals surface area (Å²) in [6, 6.07) is 26.7. The maximum atomic E-state index is 13.3. The van der Waals surface area contributed by atoms with Crippen LogP contribution in [0.1, 0.15) is 71.9 Å². The molecular weight excluding hydrogens is 646 g/mol. The first kappa shape index (κ1) is 35.1. The van der Waals surface area contributed by atoms with Crippen LogP contribution in [0.4, 0.5) is 37.7 Å². The number of halogens is 6. The summed E-state index contributed by atoms with van der Waals surface area (Å²) in [4.78, 5) is 4.75. The smallest absolute Gasteiger partial charge is 0.372 e. The molecule has 0 spiro atoms. The number of anilines is 2. The predicted octanol–water partition coefficient (Wildman–Crippen LogP) is 12.0. The number of rotatable bonds is 8. The molecule has 4 aromatic rings. The Hall–Kier alpha value is -4.72. The summed E-state index contributed by atoms with van der Waals surface area (Å²) in [5, 5.41) is 0. The van der Waals surface area contributed by atoms with Gasteiger partial charge in [0.1, 0.15) is 0 Å². The van der Waals surface area contributed by atoms with Gasteiger partial charge in [0.15, 0.2) is 0 Å². The van der Waals surface area contributed by atoms with Gasteiger partial charge < -0.3 is 9.80 Å². The van der Waals surface area contributed by atoms with Gasteiger partial charge in [0, 0.05) is 37.6 Å². The summed E-state index contributed by atoms with van der Waals surface area (Å²) in [6.45, 7) is 4.00. The Bertz CT molecular complexity index is 1650. The molecule has 2 fully saturated rings. The minimum Gasteiger partial charge on any atom is -0.372 e. The first-order chi connectivity index (χ1) is 24.0. The van der Waals surface area contributed by atoms with E-state index in [1.54, 1.807) is 12.2 Å². The van der Waals surface area contributed by atoms with E-state index >= 15 is 0 Å². The van der Waals surface area contributed by atoms with Gasteiger partial charge in [-0.25, -0.2) is 0 Å². The van der Waals surface area contributed by atoms with E-state index in [1.165, 1.54) is 37.1 Å². The number of benzene rings is 4. The maximum absolute atomic E-state index is 13.3. The minimum absolute atomic E-state index is 0.604. The standard InChI is InChI=1S/C42H40F6N2/c43-41(44,45)35-17-7-31(8-18-35)11-25-39(33-13-21-37(22-14-33)49-27-3-1-4-28-49)40(26-12-32-9-19-36(20-10-32)42(46,47)48)34-15-23-38(24-16-34)50-29-5-2-6-30-50/h7-26H,1-6,27-30H2/b25-11+,26-12+,40-39+. The quantitative estimate of drug-likeness (QED) is 0.103. The van der Waals surface area contributed by atoms with Crippen LogP contribution in [0.2, 0.25) is 0 Å². The predicted molar refractivity (Wildman–Crippen MR) is 193 cm³/mol. The van der Waals surface area contributed by atoms with Crippen molar-refractivity contribution < 1.29 is 26.3 Å². The maximum Gasteiger partial charge on any atom is 0.416 e. The molecule has 2 aliphatic rings. The largest absolute Gasteiger partial charge is 0.416 e. The van der Waals surface area contributed by atoms with Crippen LogP contribution >= 0.6 is 0 Å². The van der Waals surface area contributed by atoms with E-state index in [4.69, 9.17) is 0 Å². The molecule has 0 aliphatic carbocycles. The van der Waals surface area contributed by atoms with Gasteiger partial charge in [0.05, 0.1) is 11.1 Å². The molecular formula is C42H40F6N2. The third-order valence-electron chi connectivity index (χ3n) is 9.45. The lowest BCUT2D eigenvalue weighted by Gasteiger charge is -2.29. The fourth-order valence-electron chi connectivity index (χ4n) is 6.62. The number of nitrogens with zero attached hydrogens (tertiary/aromatic N) is 2. The van der Waals surface area contributed by atoms with Crippen LogP contribution in [0.3, 0.4) is 0 Å². The summed E-state index contributed by atoms with van der Waals surface area (Å²) in [5.74, 6) is 0. The molecule has 0 unspecified atom stereocenters. The summed E-state index contributed by atoms with van der Waals surface area (Å²) in [7, 11) is 0. The average molecular weight is 687 g/mol. The Kier molecular flexibility index (Phi) is 10.8. The van der Waals surface area contributed by atoms with Gasteiger partial charge in [-0.1, -0.05) is 72.8 Å². The Labute approximate surface area is 290 Å². The minimum atomic E-state index is -4.43. The van der Waals surface area contributed by atoms with E-state index in [-0.39, 0.29) is 0 Å². The summed E-state index contributed by atoms with van der Waals surface area (Å²) in [6.07, 6.45) is 5.58. The highest BCUT2D eigenvalue weighted by Crippen LogP contribution is 2.35. The highest BCUT2D eigenvalue weighted by molar-refractivity contribution is 6.02. The molecule has 2 heterocycles. The van der Waals surface area contributed by atoms with Gasteiger partial charge in [0.25, 0.3) is 0 Å². The third-order valence-corrected chi connectivity index (χ3v) is 9.45. The third kappa shape index (κ3) is 8.89. The van der Waals surface area contributed by atoms with Crippen molar-refractivity contribution in [3.05, 3.63) is 143 Å². The molecule has 0 N–H and O–H groups in total. The SMILES string of the molecule is FC(F)(F)c1ccc(/C=C/C(=C(/C=C/c2ccc(C(F)(F)F)cc2)c2ccc(N3CCCCC3)cc2)c2ccc(N3CCCCC3)cc2)cc1. The Morgan fingerprint density at radius 2 is 0.740 bits per heavy atom. The van der Waals surface area contributed by atoms with Crippen molar-refractivity contribution in [1.29, 1.82) is 0 Å². The van der Waals surface area contributed by atoms with Gasteiger partial charge in [-0.2, -0.15) is 26.3 Å². The fraction of sp³-hybridized carbons (Fsp3) is 0.286. The van der Waals surface area contributed by atoms with Gasteiger partial charge in [-0.05, 0) is 120 Å². The molecule has 0 amide bonds. The van der Waals surface area contributed by atoms with Crippen molar-refractivity contribution in [1.82, 2.24) is 0 Å². The normalized spacial score (nSPS) is 16.7. The molecule has 260 valence electrons. The average Bonchev–Trinajstić information content (AvgIpc) is 3.13. The zero-order chi connectivity index (χ0) is 35.1. The van der Waals surface area contributed by atoms with Gasteiger partial charge >= 0.3 is 12.4 Å². The summed E-state index contributed by atoms with van der Waals surface area (Å²) < 4.78 is 79.6. The lowest BCUT2D eigenvalue weighted by molar-refractivity contribution is -0.138. The topological polar surface area (TPSA) is 6.48 Å². The molecule has 0 radical (unpaired) electrons. The van der Waals surface area contributed by atoms with Crippen LogP contribution < -0.4 is 9.80 Å². The molecule has 50 heavy (non-hydrogen) atoms. The molecule has 0 bridgehead atoms. The van der Waals surface area contributed by atoms with Crippen LogP contribution in [-0.2, 0) is 12.4 Å². The second-order valence-electron chi connectivity index (χ2n) is 12.9. The second kappa shape index (κ2) is 15.4. The van der Waals surface area contributed by atoms with Crippen molar-refractivity contribution in [3.63, 3.8) is 0 Å². The lowest BCUT2D eigenvalue weighted by atomic mass is 9.92. The molecule has 6 rings (SSSR count). The molecule has 4 aromatic carbocycles. The van der Waals surface area contributed by atoms with Crippen molar-refractivity contribution in [2.45, 2.75) is 50.9 Å². The van der Waals surface area contributed by atoms with Crippen molar-refractivity contribution in [3.8, 4) is 0 Å². The molecule has 2 nitrogen and oxygen atoms in total. The van der Waals surface area contributed by atoms with Gasteiger partial charge in [-0.15, -0.1) is 0 Å². The Morgan fingerprint density at radius 3 is 1.04 bits per heavy atom. The van der Waals surface area contributed by atoms with E-state index < -0.39 is 23.5 Å². The number of alkyl halides is 6. The highest BCUT2D eigenvalue weighted by Gasteiger charge is 2.30. The number of allylic oxidation sites excluding steroid dienone is 4. The van der Waals surface area contributed by atoms with Gasteiger partial charge in [0.2, 0.25) is 0 Å². The number of hydrogen-bond donors (Lipinski definition) is 0. The van der Waals surface area contributed by atoms with E-state index in [0.29, 0.717) is 11.1 Å². The van der Waals surface area contributed by atoms with E-state index in [1.807, 2.05) is 12.2 Å². The van der Waals surface area contributed by atoms with Crippen LogP contribution in [0.5, 0.6) is 0 Å². The highest BCUT2D eigenvalue weighted by atomic mass is 19.4. The van der Waals surface area contributed by atoms with Crippen molar-refractivity contribution >= 4 is 34.7 Å². The van der Waals surface area contributed by atoms with E-state index in [0.717, 1.165) is 110 Å². The number of hydrogen-bond acceptors (Lipinski definition) is 2. The second-order valence-corrected chi connectivity index (χ2v) is 12.9. The van der Waals surface area contributed by atoms with E-state index in [2.05, 4.69) is 58.3 Å². The Morgan fingerprint density at radius 1 is 0.420 bits per heavy atom. The number of piperidine rings is 2. The van der Waals surface area contributed by atoms with Crippen LogP contribution in [-0.4, -0.2) is 26.2 Å². The summed E-state index contributed by atoms with van der Waals surface area (Å²) in [5.41, 5.74) is 5.49. The zero-order valence-electron chi connectivity index (χ0n) is 27.8. The first-order valence-electron chi connectivity index (χ1n) is 17.2. The van der Waals surface area contributed by atoms with Crippen molar-refractivity contribution in [2.75, 3.05) is 36.0 Å². The Balaban J connectivity index is 1.45. The van der Waals surface area contributed by atoms with Crippen LogP contribution in [0.25, 0.3) is 23.3 Å². The van der Waals surface area contributed by atoms with E-state index in [9.17, 15) is 26.3 Å². The first-order valence-corrected chi connectivity index (χ1v) is 17.2. The zero-order valence-corrected chi connectivity index (χ0v) is 27.8. The van der Waals surface area contributed by atoms with Gasteiger partial charge in [-0.3, -0.25) is 0 Å². The van der Waals surface area contributed by atoms with Crippen molar-refractivity contribution in [2.24, 2.45) is 0 Å². The van der Waals surface area contributed by atoms with Crippen LogP contribution in [0, 0.1) is 0 Å².